The molecule has 0 saturated carbocycles. The fraction of sp³-hybridized carbons (Fsp3) is 0.577. The van der Waals surface area contributed by atoms with E-state index in [0.29, 0.717) is 13.1 Å². The number of rotatable bonds is 8. The highest BCUT2D eigenvalue weighted by atomic mass is 16.6. The van der Waals surface area contributed by atoms with Crippen LogP contribution in [0.25, 0.3) is 10.8 Å². The molecule has 6 heteroatoms. The molecule has 32 heavy (non-hydrogen) atoms. The molecule has 1 N–H and O–H groups in total. The molecule has 1 atom stereocenters. The summed E-state index contributed by atoms with van der Waals surface area (Å²) in [7, 11) is 0. The van der Waals surface area contributed by atoms with Crippen LogP contribution >= 0.6 is 0 Å². The average molecular weight is 444 g/mol. The van der Waals surface area contributed by atoms with Gasteiger partial charge in [0.05, 0.1) is 12.6 Å². The summed E-state index contributed by atoms with van der Waals surface area (Å²) in [6.07, 6.45) is 2.92. The molecular weight excluding hydrogens is 402 g/mol. The molecule has 2 aromatic rings. The van der Waals surface area contributed by atoms with Crippen molar-refractivity contribution in [3.05, 3.63) is 52.9 Å². The van der Waals surface area contributed by atoms with Gasteiger partial charge in [-0.3, -0.25) is 0 Å². The summed E-state index contributed by atoms with van der Waals surface area (Å²) in [5, 5.41) is 8.90. The molecule has 1 aliphatic rings. The van der Waals surface area contributed by atoms with Crippen molar-refractivity contribution in [1.29, 1.82) is 0 Å². The molecule has 3 rings (SSSR count). The third-order valence-electron chi connectivity index (χ3n) is 5.39. The number of carbonyl (C=O) groups is 1. The van der Waals surface area contributed by atoms with Crippen molar-refractivity contribution in [1.82, 2.24) is 10.2 Å². The third kappa shape index (κ3) is 9.35. The zero-order valence-corrected chi connectivity index (χ0v) is 20.7. The lowest BCUT2D eigenvalue weighted by molar-refractivity contribution is 0.0588. The number of nitrogens with one attached hydrogen (secondary N) is 1. The second-order valence-corrected chi connectivity index (χ2v) is 8.33. The van der Waals surface area contributed by atoms with E-state index >= 15 is 0 Å². The second-order valence-electron chi connectivity index (χ2n) is 8.33. The van der Waals surface area contributed by atoms with E-state index in [1.807, 2.05) is 27.7 Å². The summed E-state index contributed by atoms with van der Waals surface area (Å²) >= 11 is 0. The van der Waals surface area contributed by atoms with Gasteiger partial charge in [0.15, 0.2) is 0 Å². The summed E-state index contributed by atoms with van der Waals surface area (Å²) in [6.45, 7) is 14.8. The minimum absolute atomic E-state index is 0.00709. The Hall–Kier alpha value is -2.47. The molecule has 6 nitrogen and oxygen atoms in total. The molecule has 1 heterocycles. The second kappa shape index (κ2) is 14.6. The predicted molar refractivity (Wildman–Crippen MR) is 134 cm³/mol. The van der Waals surface area contributed by atoms with Crippen LogP contribution in [-0.4, -0.2) is 48.8 Å². The fourth-order valence-electron chi connectivity index (χ4n) is 3.29. The highest BCUT2D eigenvalue weighted by Gasteiger charge is 2.22. The van der Waals surface area contributed by atoms with Gasteiger partial charge < -0.3 is 15.0 Å². The quantitative estimate of drug-likeness (QED) is 0.391. The molecule has 1 saturated heterocycles. The number of fused-ring (bicyclic) bond motifs is 1. The monoisotopic (exact) mass is 443 g/mol. The van der Waals surface area contributed by atoms with E-state index in [2.05, 4.69) is 66.8 Å². The van der Waals surface area contributed by atoms with Crippen LogP contribution in [0, 0.1) is 4.91 Å². The SMILES string of the molecule is CC.CC(C)OC(=O)N1CCC1.CCC(C)(Cc1ccc2ccccc2c1)NCCN=O. The molecule has 0 spiro atoms. The number of hydrogen-bond acceptors (Lipinski definition) is 5. The number of nitroso groups, excluding NO2 is 1. The maximum Gasteiger partial charge on any atom is 0.410 e. The van der Waals surface area contributed by atoms with E-state index in [-0.39, 0.29) is 17.7 Å². The van der Waals surface area contributed by atoms with Crippen molar-refractivity contribution in [3.63, 3.8) is 0 Å². The number of hydrogen-bond donors (Lipinski definition) is 1. The first-order valence-corrected chi connectivity index (χ1v) is 11.8. The Labute approximate surface area is 193 Å². The maximum atomic E-state index is 10.9. The van der Waals surface area contributed by atoms with Gasteiger partial charge in [-0.2, -0.15) is 4.91 Å². The number of nitrogens with zero attached hydrogens (tertiary/aromatic N) is 2. The minimum atomic E-state index is -0.166. The molecule has 1 fully saturated rings. The smallest absolute Gasteiger partial charge is 0.410 e. The van der Waals surface area contributed by atoms with Gasteiger partial charge in [-0.1, -0.05) is 68.4 Å². The molecular formula is C26H41N3O3. The largest absolute Gasteiger partial charge is 0.447 e. The lowest BCUT2D eigenvalue weighted by atomic mass is 9.89. The van der Waals surface area contributed by atoms with E-state index in [1.165, 1.54) is 16.3 Å². The van der Waals surface area contributed by atoms with Crippen molar-refractivity contribution in [2.75, 3.05) is 26.2 Å². The molecule has 178 valence electrons. The van der Waals surface area contributed by atoms with Crippen LogP contribution in [0.4, 0.5) is 4.79 Å². The molecule has 0 radical (unpaired) electrons. The molecule has 1 amide bonds. The van der Waals surface area contributed by atoms with Crippen molar-refractivity contribution in [2.45, 2.75) is 72.4 Å². The first kappa shape index (κ1) is 27.6. The Morgan fingerprint density at radius 1 is 1.16 bits per heavy atom. The number of benzene rings is 2. The van der Waals surface area contributed by atoms with Gasteiger partial charge in [-0.05, 0) is 56.4 Å². The number of likely N-dealkylation sites (tertiary alicyclic amines) is 1. The highest BCUT2D eigenvalue weighted by Crippen LogP contribution is 2.21. The summed E-state index contributed by atoms with van der Waals surface area (Å²) in [4.78, 5) is 22.8. The summed E-state index contributed by atoms with van der Waals surface area (Å²) in [5.41, 5.74) is 1.33. The van der Waals surface area contributed by atoms with Crippen molar-refractivity contribution >= 4 is 16.9 Å². The molecule has 0 aromatic heterocycles. The van der Waals surface area contributed by atoms with Gasteiger partial charge >= 0.3 is 6.09 Å². The van der Waals surface area contributed by atoms with Crippen LogP contribution < -0.4 is 5.32 Å². The van der Waals surface area contributed by atoms with Gasteiger partial charge in [0.1, 0.15) is 0 Å². The Kier molecular flexibility index (Phi) is 12.5. The topological polar surface area (TPSA) is 71.0 Å². The normalized spacial score (nSPS) is 14.3. The standard InChI is InChI=1S/C17H22N2O.C7H13NO2.C2H6/c1-3-17(2,18-10-11-19-20)13-14-8-9-15-6-4-5-7-16(15)12-14;1-6(2)10-7(9)8-4-3-5-8;1-2/h4-9,12,18H,3,10-11,13H2,1-2H3;6H,3-5H2,1-2H3;1-2H3. The number of carbonyl (C=O) groups excluding carboxylic acids is 1. The Morgan fingerprint density at radius 3 is 2.34 bits per heavy atom. The van der Waals surface area contributed by atoms with Crippen LogP contribution in [0.1, 0.15) is 59.9 Å². The van der Waals surface area contributed by atoms with Crippen LogP contribution in [0.5, 0.6) is 0 Å². The van der Waals surface area contributed by atoms with Gasteiger partial charge in [0.25, 0.3) is 0 Å². The first-order chi connectivity index (χ1) is 15.4. The molecule has 2 aromatic carbocycles. The van der Waals surface area contributed by atoms with E-state index < -0.39 is 0 Å². The highest BCUT2D eigenvalue weighted by molar-refractivity contribution is 5.83. The first-order valence-electron chi connectivity index (χ1n) is 11.8. The molecule has 1 aliphatic heterocycles. The Morgan fingerprint density at radius 2 is 1.81 bits per heavy atom. The zero-order chi connectivity index (χ0) is 24.0. The van der Waals surface area contributed by atoms with Crippen LogP contribution in [0.2, 0.25) is 0 Å². The summed E-state index contributed by atoms with van der Waals surface area (Å²) in [5.74, 6) is 0. The average Bonchev–Trinajstić information content (AvgIpc) is 2.74. The van der Waals surface area contributed by atoms with Gasteiger partial charge in [-0.25, -0.2) is 4.79 Å². The van der Waals surface area contributed by atoms with Crippen molar-refractivity contribution in [2.24, 2.45) is 5.18 Å². The van der Waals surface area contributed by atoms with E-state index in [9.17, 15) is 9.70 Å². The van der Waals surface area contributed by atoms with Crippen LogP contribution in [0.15, 0.2) is 47.6 Å². The molecule has 0 bridgehead atoms. The number of amides is 1. The molecule has 0 aliphatic carbocycles. The summed E-state index contributed by atoms with van der Waals surface area (Å²) in [6, 6.07) is 15.0. The van der Waals surface area contributed by atoms with E-state index in [0.717, 1.165) is 32.4 Å². The van der Waals surface area contributed by atoms with Gasteiger partial charge in [-0.15, -0.1) is 0 Å². The van der Waals surface area contributed by atoms with Crippen molar-refractivity contribution in [3.8, 4) is 0 Å². The third-order valence-corrected chi connectivity index (χ3v) is 5.39. The predicted octanol–water partition coefficient (Wildman–Crippen LogP) is 6.17. The Balaban J connectivity index is 0.000000358. The minimum Gasteiger partial charge on any atom is -0.447 e. The van der Waals surface area contributed by atoms with Gasteiger partial charge in [0.2, 0.25) is 0 Å². The van der Waals surface area contributed by atoms with Crippen LogP contribution in [-0.2, 0) is 11.2 Å². The number of ether oxygens (including phenoxy) is 1. The lowest BCUT2D eigenvalue weighted by Gasteiger charge is -2.30. The van der Waals surface area contributed by atoms with Crippen molar-refractivity contribution < 1.29 is 9.53 Å². The lowest BCUT2D eigenvalue weighted by Crippen LogP contribution is -2.44. The van der Waals surface area contributed by atoms with Crippen LogP contribution in [0.3, 0.4) is 0 Å². The van der Waals surface area contributed by atoms with E-state index in [4.69, 9.17) is 4.74 Å². The maximum absolute atomic E-state index is 10.9. The zero-order valence-electron chi connectivity index (χ0n) is 20.7. The fourth-order valence-corrected chi connectivity index (χ4v) is 3.29. The van der Waals surface area contributed by atoms with Gasteiger partial charge in [0, 0.05) is 25.2 Å². The molecule has 1 unspecified atom stereocenters. The van der Waals surface area contributed by atoms with E-state index in [1.54, 1.807) is 4.90 Å². The Bertz CT molecular complexity index is 821. The summed E-state index contributed by atoms with van der Waals surface area (Å²) < 4.78 is 4.94.